The zero-order chi connectivity index (χ0) is 32.6. The van der Waals surface area contributed by atoms with E-state index in [9.17, 15) is 25.2 Å². The summed E-state index contributed by atoms with van der Waals surface area (Å²) in [7, 11) is 3.43. The maximum Gasteiger partial charge on any atom is 0.311 e. The van der Waals surface area contributed by atoms with Crippen LogP contribution in [-0.2, 0) is 23.7 Å². The Bertz CT molecular complexity index is 895. The van der Waals surface area contributed by atoms with E-state index in [1.807, 2.05) is 46.6 Å². The molecule has 2 aliphatic rings. The minimum Gasteiger partial charge on any atom is -0.459 e. The molecule has 0 spiro atoms. The molecule has 0 bridgehead atoms. The third-order valence-electron chi connectivity index (χ3n) is 11.1. The molecule has 2 heterocycles. The highest BCUT2D eigenvalue weighted by atomic mass is 16.7. The summed E-state index contributed by atoms with van der Waals surface area (Å²) in [5.41, 5.74) is -5.43. The molecule has 2 saturated heterocycles. The van der Waals surface area contributed by atoms with Gasteiger partial charge in [0.25, 0.3) is 0 Å². The minimum atomic E-state index is -1.77. The van der Waals surface area contributed by atoms with E-state index in [1.165, 1.54) is 14.0 Å². The Labute approximate surface area is 254 Å². The minimum absolute atomic E-state index is 0.0519. The van der Waals surface area contributed by atoms with Crippen molar-refractivity contribution in [2.75, 3.05) is 20.7 Å². The first-order chi connectivity index (χ1) is 19.1. The van der Waals surface area contributed by atoms with Crippen LogP contribution in [-0.4, -0.2) is 111 Å². The van der Waals surface area contributed by atoms with Gasteiger partial charge in [-0.1, -0.05) is 27.7 Å². The van der Waals surface area contributed by atoms with Gasteiger partial charge in [-0.05, 0) is 86.1 Å². The molecule has 0 aliphatic carbocycles. The Kier molecular flexibility index (Phi) is 12.1. The van der Waals surface area contributed by atoms with E-state index in [-0.39, 0.29) is 30.6 Å². The lowest BCUT2D eigenvalue weighted by atomic mass is 9.72. The van der Waals surface area contributed by atoms with Crippen LogP contribution in [0.3, 0.4) is 0 Å². The van der Waals surface area contributed by atoms with Crippen LogP contribution in [0.1, 0.15) is 95.4 Å². The number of hydrogen-bond donors (Lipinski definition) is 4. The number of esters is 1. The van der Waals surface area contributed by atoms with E-state index in [0.717, 1.165) is 0 Å². The number of carbonyl (C=O) groups excluding carboxylic acids is 1. The molecule has 0 aromatic heterocycles. The number of nitrogens with zero attached hydrogens (tertiary/aromatic N) is 1. The van der Waals surface area contributed by atoms with Gasteiger partial charge in [0.05, 0.1) is 29.3 Å². The van der Waals surface area contributed by atoms with Crippen molar-refractivity contribution < 1.29 is 44.2 Å². The number of ether oxygens (including phenoxy) is 4. The van der Waals surface area contributed by atoms with Gasteiger partial charge in [0.1, 0.15) is 23.4 Å². The van der Waals surface area contributed by atoms with Crippen molar-refractivity contribution in [2.24, 2.45) is 23.7 Å². The first-order valence-corrected chi connectivity index (χ1v) is 15.7. The van der Waals surface area contributed by atoms with Crippen LogP contribution in [0.2, 0.25) is 0 Å². The monoisotopic (exact) mass is 603 g/mol. The van der Waals surface area contributed by atoms with Crippen LogP contribution in [0, 0.1) is 23.7 Å². The number of hydrogen-bond acceptors (Lipinski definition) is 10. The van der Waals surface area contributed by atoms with Gasteiger partial charge < -0.3 is 44.3 Å². The number of aliphatic hydroxyl groups is 4. The molecule has 0 radical (unpaired) electrons. The van der Waals surface area contributed by atoms with Gasteiger partial charge in [0, 0.05) is 26.1 Å². The molecule has 10 nitrogen and oxygen atoms in total. The van der Waals surface area contributed by atoms with Crippen LogP contribution in [0.5, 0.6) is 0 Å². The van der Waals surface area contributed by atoms with Crippen molar-refractivity contribution in [3.63, 3.8) is 0 Å². The molecule has 0 aromatic carbocycles. The molecular formula is C32H61NO9. The molecule has 0 unspecified atom stereocenters. The van der Waals surface area contributed by atoms with Crippen molar-refractivity contribution in [1.82, 2.24) is 4.90 Å². The number of methoxy groups -OCH3 is 1. The van der Waals surface area contributed by atoms with E-state index in [4.69, 9.17) is 18.9 Å². The van der Waals surface area contributed by atoms with Crippen molar-refractivity contribution in [2.45, 2.75) is 155 Å². The Balaban J connectivity index is 2.58. The largest absolute Gasteiger partial charge is 0.459 e. The smallest absolute Gasteiger partial charge is 0.311 e. The summed E-state index contributed by atoms with van der Waals surface area (Å²) in [6.45, 7) is 20.4. The molecule has 248 valence electrons. The molecule has 2 fully saturated rings. The molecule has 2 aliphatic heterocycles. The van der Waals surface area contributed by atoms with Gasteiger partial charge in [-0.3, -0.25) is 4.79 Å². The lowest BCUT2D eigenvalue weighted by molar-refractivity contribution is -0.298. The summed E-state index contributed by atoms with van der Waals surface area (Å²) in [5, 5.41) is 45.9. The predicted octanol–water partition coefficient (Wildman–Crippen LogP) is 3.12. The summed E-state index contributed by atoms with van der Waals surface area (Å²) in [5.74, 6) is -1.95. The highest BCUT2D eigenvalue weighted by Gasteiger charge is 2.54. The summed E-state index contributed by atoms with van der Waals surface area (Å²) < 4.78 is 24.3. The van der Waals surface area contributed by atoms with Crippen molar-refractivity contribution >= 4 is 5.97 Å². The standard InChI is InChI=1S/C32H61NO9/c1-14-24-32(11,38)31(10,37)23(7)33(12)17-18(2)15-29(8,36)21(5)19(3)26(20(4)28(35)41-24)42-25-16-30(9,39-13)27(34)22(6)40-25/h18-27,34,36-38H,14-17H2,1-13H3/t18-,19-,20-,21-,22+,23-,24-,25+,26+,27+,29-,30-,31+,32-/m1/s1. The van der Waals surface area contributed by atoms with Gasteiger partial charge in [-0.15, -0.1) is 0 Å². The first kappa shape index (κ1) is 37.3. The summed E-state index contributed by atoms with van der Waals surface area (Å²) in [4.78, 5) is 15.8. The van der Waals surface area contributed by atoms with E-state index in [2.05, 4.69) is 6.92 Å². The summed E-state index contributed by atoms with van der Waals surface area (Å²) in [6, 6.07) is -0.487. The highest BCUT2D eigenvalue weighted by molar-refractivity contribution is 5.73. The fraction of sp³-hybridized carbons (Fsp3) is 0.969. The molecular weight excluding hydrogens is 542 g/mol. The second-order valence-electron chi connectivity index (χ2n) is 14.4. The van der Waals surface area contributed by atoms with E-state index in [0.29, 0.717) is 13.0 Å². The van der Waals surface area contributed by atoms with Crippen LogP contribution >= 0.6 is 0 Å². The van der Waals surface area contributed by atoms with Crippen LogP contribution in [0.4, 0.5) is 0 Å². The van der Waals surface area contributed by atoms with Crippen molar-refractivity contribution in [3.8, 4) is 0 Å². The van der Waals surface area contributed by atoms with E-state index >= 15 is 0 Å². The van der Waals surface area contributed by atoms with Crippen LogP contribution in [0.15, 0.2) is 0 Å². The molecule has 0 amide bonds. The molecule has 0 aromatic rings. The molecule has 14 atom stereocenters. The number of carbonyl (C=O) groups is 1. The molecule has 2 rings (SSSR count). The van der Waals surface area contributed by atoms with Crippen molar-refractivity contribution in [3.05, 3.63) is 0 Å². The molecule has 10 heteroatoms. The SMILES string of the molecule is CC[C@H]1OC(=O)[C@H](C)[C@@H](O[C@H]2C[C@@](C)(OC)[C@@H](O)[C@H](C)O2)[C@H](C)[C@@H](C)[C@](C)(O)C[C@@H](C)CN(C)[C@H](C)[C@](C)(O)[C@]1(C)O. The molecule has 0 saturated carbocycles. The summed E-state index contributed by atoms with van der Waals surface area (Å²) in [6.07, 6.45) is -2.95. The van der Waals surface area contributed by atoms with Crippen LogP contribution < -0.4 is 0 Å². The number of likely N-dealkylation sites (N-methyl/N-ethyl adjacent to an activating group) is 1. The molecule has 42 heavy (non-hydrogen) atoms. The fourth-order valence-corrected chi connectivity index (χ4v) is 7.08. The fourth-order valence-electron chi connectivity index (χ4n) is 7.08. The average Bonchev–Trinajstić information content (AvgIpc) is 2.90. The quantitative estimate of drug-likeness (QED) is 0.355. The normalized spacial score (nSPS) is 50.9. The second kappa shape index (κ2) is 13.6. The Hall–Kier alpha value is -0.850. The summed E-state index contributed by atoms with van der Waals surface area (Å²) >= 11 is 0. The van der Waals surface area contributed by atoms with Crippen LogP contribution in [0.25, 0.3) is 0 Å². The highest BCUT2D eigenvalue weighted by Crippen LogP contribution is 2.40. The van der Waals surface area contributed by atoms with Gasteiger partial charge in [0.15, 0.2) is 6.29 Å². The van der Waals surface area contributed by atoms with E-state index in [1.54, 1.807) is 27.7 Å². The lowest BCUT2D eigenvalue weighted by Gasteiger charge is -2.49. The predicted molar refractivity (Wildman–Crippen MR) is 161 cm³/mol. The topological polar surface area (TPSA) is 138 Å². The number of rotatable bonds is 4. The zero-order valence-electron chi connectivity index (χ0n) is 28.4. The van der Waals surface area contributed by atoms with Gasteiger partial charge >= 0.3 is 5.97 Å². The maximum absolute atomic E-state index is 13.8. The number of cyclic esters (lactones) is 1. The Morgan fingerprint density at radius 2 is 1.55 bits per heavy atom. The zero-order valence-corrected chi connectivity index (χ0v) is 28.4. The first-order valence-electron chi connectivity index (χ1n) is 15.7. The Morgan fingerprint density at radius 1 is 0.976 bits per heavy atom. The van der Waals surface area contributed by atoms with Gasteiger partial charge in [0.2, 0.25) is 0 Å². The third kappa shape index (κ3) is 7.50. The third-order valence-corrected chi connectivity index (χ3v) is 11.1. The maximum atomic E-state index is 13.8. The van der Waals surface area contributed by atoms with Crippen molar-refractivity contribution in [1.29, 1.82) is 0 Å². The average molecular weight is 604 g/mol. The van der Waals surface area contributed by atoms with Gasteiger partial charge in [-0.25, -0.2) is 0 Å². The second-order valence-corrected chi connectivity index (χ2v) is 14.4. The molecule has 4 N–H and O–H groups in total. The van der Waals surface area contributed by atoms with E-state index < -0.39 is 71.0 Å². The van der Waals surface area contributed by atoms with Gasteiger partial charge in [-0.2, -0.15) is 0 Å². The number of aliphatic hydroxyl groups excluding tert-OH is 1. The Morgan fingerprint density at radius 3 is 2.07 bits per heavy atom. The lowest BCUT2D eigenvalue weighted by Crippen LogP contribution is -2.66.